The number of aryl methyl sites for hydroxylation is 2. The number of esters is 1. The minimum Gasteiger partial charge on any atom is -0.462 e. The number of rotatable bonds is 5. The molecule has 0 aromatic carbocycles. The number of hydrogen-bond donors (Lipinski definition) is 1. The van der Waals surface area contributed by atoms with Gasteiger partial charge in [-0.15, -0.1) is 21.5 Å². The lowest BCUT2D eigenvalue weighted by atomic mass is 10.2. The summed E-state index contributed by atoms with van der Waals surface area (Å²) in [4.78, 5) is 33.0. The largest absolute Gasteiger partial charge is 0.462 e. The Morgan fingerprint density at radius 3 is 2.73 bits per heavy atom. The van der Waals surface area contributed by atoms with E-state index in [4.69, 9.17) is 4.74 Å². The van der Waals surface area contributed by atoms with Crippen LogP contribution in [0.3, 0.4) is 0 Å². The van der Waals surface area contributed by atoms with Crippen LogP contribution < -0.4 is 5.56 Å². The molecule has 0 radical (unpaired) electrons. The molecule has 8 nitrogen and oxygen atoms in total. The molecule has 0 unspecified atom stereocenters. The van der Waals surface area contributed by atoms with Crippen molar-refractivity contribution in [2.24, 2.45) is 7.05 Å². The second-order valence-corrected chi connectivity index (χ2v) is 8.06. The molecule has 0 saturated carbocycles. The van der Waals surface area contributed by atoms with Crippen LogP contribution in [0, 0.1) is 13.8 Å². The van der Waals surface area contributed by atoms with Gasteiger partial charge in [0.1, 0.15) is 21.4 Å². The number of aromatic amines is 1. The molecule has 0 aliphatic carbocycles. The number of aromatic nitrogens is 5. The zero-order chi connectivity index (χ0) is 19.0. The first-order valence-corrected chi connectivity index (χ1v) is 9.76. The maximum Gasteiger partial charge on any atom is 0.348 e. The second kappa shape index (κ2) is 7.20. The summed E-state index contributed by atoms with van der Waals surface area (Å²) in [5.41, 5.74) is 0.351. The number of nitrogens with one attached hydrogen (secondary N) is 1. The molecule has 0 aliphatic rings. The first-order chi connectivity index (χ1) is 12.3. The van der Waals surface area contributed by atoms with E-state index in [2.05, 4.69) is 20.2 Å². The van der Waals surface area contributed by atoms with E-state index >= 15 is 0 Å². The van der Waals surface area contributed by atoms with Gasteiger partial charge in [0.05, 0.1) is 17.2 Å². The normalized spacial score (nSPS) is 12.5. The summed E-state index contributed by atoms with van der Waals surface area (Å²) in [5, 5.41) is 9.20. The average molecular weight is 393 g/mol. The van der Waals surface area contributed by atoms with Gasteiger partial charge in [0.25, 0.3) is 5.56 Å². The van der Waals surface area contributed by atoms with E-state index in [1.807, 2.05) is 25.5 Å². The molecule has 3 heterocycles. The zero-order valence-electron chi connectivity index (χ0n) is 15.1. The molecule has 3 rings (SSSR count). The first-order valence-electron chi connectivity index (χ1n) is 8.06. The third-order valence-corrected chi connectivity index (χ3v) is 6.31. The number of nitrogens with zero attached hydrogens (tertiary/aromatic N) is 4. The van der Waals surface area contributed by atoms with Gasteiger partial charge in [0, 0.05) is 7.05 Å². The van der Waals surface area contributed by atoms with E-state index in [-0.39, 0.29) is 17.4 Å². The second-order valence-electron chi connectivity index (χ2n) is 5.76. The molecule has 10 heteroatoms. The Bertz CT molecular complexity index is 1040. The number of ether oxygens (including phenoxy) is 1. The Balaban J connectivity index is 1.99. The van der Waals surface area contributed by atoms with Crippen LogP contribution in [0.15, 0.2) is 9.95 Å². The number of thioether (sulfide) groups is 1. The predicted octanol–water partition coefficient (Wildman–Crippen LogP) is 2.76. The summed E-state index contributed by atoms with van der Waals surface area (Å²) in [6, 6.07) is 0. The van der Waals surface area contributed by atoms with Crippen LogP contribution in [0.25, 0.3) is 10.2 Å². The van der Waals surface area contributed by atoms with Crippen LogP contribution in [0.1, 0.15) is 46.0 Å². The monoisotopic (exact) mass is 393 g/mol. The molecular weight excluding hydrogens is 374 g/mol. The fraction of sp³-hybridized carbons (Fsp3) is 0.438. The van der Waals surface area contributed by atoms with Crippen LogP contribution in [0.4, 0.5) is 0 Å². The topological polar surface area (TPSA) is 103 Å². The van der Waals surface area contributed by atoms with Crippen molar-refractivity contribution in [2.45, 2.75) is 38.1 Å². The number of fused-ring (bicyclic) bond motifs is 1. The highest BCUT2D eigenvalue weighted by atomic mass is 32.2. The summed E-state index contributed by atoms with van der Waals surface area (Å²) in [5.74, 6) is 0.917. The maximum atomic E-state index is 12.6. The van der Waals surface area contributed by atoms with Gasteiger partial charge >= 0.3 is 5.97 Å². The average Bonchev–Trinajstić information content (AvgIpc) is 3.09. The number of carbonyl (C=O) groups is 1. The van der Waals surface area contributed by atoms with Crippen LogP contribution in [-0.2, 0) is 11.8 Å². The highest BCUT2D eigenvalue weighted by molar-refractivity contribution is 7.99. The molecule has 26 heavy (non-hydrogen) atoms. The summed E-state index contributed by atoms with van der Waals surface area (Å²) in [7, 11) is 1.89. The molecule has 0 fully saturated rings. The van der Waals surface area contributed by atoms with Gasteiger partial charge in [0.15, 0.2) is 5.16 Å². The SMILES string of the molecule is CCOC(=O)c1sc2nc([C@@H](C)Sc3nnc(C)n3C)[nH]c(=O)c2c1C. The fourth-order valence-electron chi connectivity index (χ4n) is 2.45. The molecule has 138 valence electrons. The van der Waals surface area contributed by atoms with Crippen molar-refractivity contribution in [3.8, 4) is 0 Å². The van der Waals surface area contributed by atoms with Gasteiger partial charge in [0.2, 0.25) is 0 Å². The molecule has 0 bridgehead atoms. The van der Waals surface area contributed by atoms with Gasteiger partial charge in [-0.1, -0.05) is 11.8 Å². The highest BCUT2D eigenvalue weighted by Gasteiger charge is 2.22. The number of thiophene rings is 1. The minimum absolute atomic E-state index is 0.136. The number of carbonyl (C=O) groups excluding carboxylic acids is 1. The van der Waals surface area contributed by atoms with E-state index in [0.29, 0.717) is 26.5 Å². The Morgan fingerprint density at radius 1 is 1.38 bits per heavy atom. The smallest absolute Gasteiger partial charge is 0.348 e. The van der Waals surface area contributed by atoms with Gasteiger partial charge in [-0.25, -0.2) is 9.78 Å². The van der Waals surface area contributed by atoms with Gasteiger partial charge in [-0.2, -0.15) is 0 Å². The Labute approximate surface area is 158 Å². The molecule has 1 atom stereocenters. The van der Waals surface area contributed by atoms with Crippen molar-refractivity contribution < 1.29 is 9.53 Å². The lowest BCUT2D eigenvalue weighted by molar-refractivity contribution is 0.0531. The molecule has 0 saturated heterocycles. The molecule has 0 spiro atoms. The van der Waals surface area contributed by atoms with Crippen LogP contribution in [-0.4, -0.2) is 37.3 Å². The van der Waals surface area contributed by atoms with Crippen molar-refractivity contribution in [2.75, 3.05) is 6.61 Å². The third kappa shape index (κ3) is 3.26. The summed E-state index contributed by atoms with van der Waals surface area (Å²) in [6.07, 6.45) is 0. The molecule has 0 aliphatic heterocycles. The number of H-pyrrole nitrogens is 1. The summed E-state index contributed by atoms with van der Waals surface area (Å²) < 4.78 is 6.94. The molecule has 3 aromatic heterocycles. The quantitative estimate of drug-likeness (QED) is 0.525. The van der Waals surface area contributed by atoms with Crippen LogP contribution >= 0.6 is 23.1 Å². The predicted molar refractivity (Wildman–Crippen MR) is 101 cm³/mol. The van der Waals surface area contributed by atoms with Crippen molar-refractivity contribution in [3.63, 3.8) is 0 Å². The lowest BCUT2D eigenvalue weighted by Crippen LogP contribution is -2.13. The van der Waals surface area contributed by atoms with Crippen molar-refractivity contribution in [3.05, 3.63) is 32.4 Å². The Kier molecular flexibility index (Phi) is 5.15. The fourth-order valence-corrected chi connectivity index (χ4v) is 4.45. The van der Waals surface area contributed by atoms with E-state index in [1.165, 1.54) is 23.1 Å². The van der Waals surface area contributed by atoms with E-state index in [0.717, 1.165) is 11.0 Å². The van der Waals surface area contributed by atoms with Crippen molar-refractivity contribution in [1.82, 2.24) is 24.7 Å². The highest BCUT2D eigenvalue weighted by Crippen LogP contribution is 2.33. The van der Waals surface area contributed by atoms with Gasteiger partial charge in [-0.05, 0) is 33.3 Å². The van der Waals surface area contributed by atoms with E-state index < -0.39 is 5.97 Å². The minimum atomic E-state index is -0.425. The number of hydrogen-bond acceptors (Lipinski definition) is 8. The molecule has 0 amide bonds. The van der Waals surface area contributed by atoms with E-state index in [1.54, 1.807) is 13.8 Å². The Morgan fingerprint density at radius 2 is 2.12 bits per heavy atom. The van der Waals surface area contributed by atoms with Gasteiger partial charge < -0.3 is 14.3 Å². The van der Waals surface area contributed by atoms with Crippen LogP contribution in [0.2, 0.25) is 0 Å². The lowest BCUT2D eigenvalue weighted by Gasteiger charge is -2.09. The maximum absolute atomic E-state index is 12.6. The summed E-state index contributed by atoms with van der Waals surface area (Å²) in [6.45, 7) is 7.58. The molecule has 3 aromatic rings. The Hall–Kier alpha value is -2.20. The van der Waals surface area contributed by atoms with Gasteiger partial charge in [-0.3, -0.25) is 4.79 Å². The third-order valence-electron chi connectivity index (χ3n) is 4.00. The molecule has 1 N–H and O–H groups in total. The van der Waals surface area contributed by atoms with Crippen molar-refractivity contribution in [1.29, 1.82) is 0 Å². The van der Waals surface area contributed by atoms with Crippen molar-refractivity contribution >= 4 is 39.3 Å². The summed E-state index contributed by atoms with van der Waals surface area (Å²) >= 11 is 2.64. The molecular formula is C16H19N5O3S2. The zero-order valence-corrected chi connectivity index (χ0v) is 16.7. The van der Waals surface area contributed by atoms with E-state index in [9.17, 15) is 9.59 Å². The standard InChI is InChI=1S/C16H19N5O3S2/c1-6-24-15(23)11-7(2)10-13(22)17-12(18-14(10)26-11)8(3)25-16-20-19-9(4)21(16)5/h8H,6H2,1-5H3,(H,17,18,22)/t8-/m1/s1. The van der Waals surface area contributed by atoms with Crippen LogP contribution in [0.5, 0.6) is 0 Å². The first kappa shape index (κ1) is 18.6.